The van der Waals surface area contributed by atoms with E-state index >= 15 is 0 Å². The summed E-state index contributed by atoms with van der Waals surface area (Å²) in [4.78, 5) is 36.7. The van der Waals surface area contributed by atoms with Crippen molar-refractivity contribution in [2.45, 2.75) is 142 Å². The molecule has 10 N–H and O–H groups in total. The topological polar surface area (TPSA) is 337 Å². The summed E-state index contributed by atoms with van der Waals surface area (Å²) in [6, 6.07) is 17.1. The number of hydrogen-bond donors (Lipinski definition) is 10. The van der Waals surface area contributed by atoms with Crippen molar-refractivity contribution in [3.63, 3.8) is 0 Å². The molecule has 0 radical (unpaired) electrons. The Labute approximate surface area is 388 Å². The lowest BCUT2D eigenvalue weighted by atomic mass is 9.40. The normalized spacial score (nSPS) is 48.4. The largest absolute Gasteiger partial charge is 0.465 e. The number of carbonyl (C=O) groups is 3. The first kappa shape index (κ1) is 49.2. The molecule has 0 spiro atoms. The average molecular weight is 963 g/mol. The van der Waals surface area contributed by atoms with Crippen molar-refractivity contribution < 1.29 is 108 Å². The van der Waals surface area contributed by atoms with Crippen molar-refractivity contribution in [3.05, 3.63) is 71.8 Å². The Bertz CT molecular complexity index is 2200. The molecule has 0 amide bonds. The number of methoxy groups -OCH3 is 1. The fourth-order valence-electron chi connectivity index (χ4n) is 12.3. The Morgan fingerprint density at radius 1 is 0.676 bits per heavy atom. The van der Waals surface area contributed by atoms with Crippen LogP contribution in [-0.2, 0) is 47.4 Å². The van der Waals surface area contributed by atoms with Gasteiger partial charge in [-0.05, 0) is 51.0 Å². The minimum absolute atomic E-state index is 0.0508. The number of aliphatic hydroxyl groups is 10. The molecule has 22 heteroatoms. The van der Waals surface area contributed by atoms with E-state index in [1.807, 2.05) is 13.0 Å². The van der Waals surface area contributed by atoms with Gasteiger partial charge in [0.2, 0.25) is 0 Å². The number of carbonyl (C=O) groups excluding carboxylic acids is 3. The summed E-state index contributed by atoms with van der Waals surface area (Å²) in [6.07, 6.45) is -14.8. The van der Waals surface area contributed by atoms with E-state index in [0.29, 0.717) is 12.0 Å². The van der Waals surface area contributed by atoms with Crippen molar-refractivity contribution in [1.29, 1.82) is 0 Å². The lowest BCUT2D eigenvalue weighted by molar-refractivity contribution is -0.413. The molecule has 68 heavy (non-hydrogen) atoms. The summed E-state index contributed by atoms with van der Waals surface area (Å²) >= 11 is 0. The number of benzene rings is 2. The predicted octanol–water partition coefficient (Wildman–Crippen LogP) is -2.63. The molecule has 6 saturated heterocycles. The smallest absolute Gasteiger partial charge is 0.338 e. The van der Waals surface area contributed by atoms with Crippen LogP contribution in [0.2, 0.25) is 0 Å². The van der Waals surface area contributed by atoms with Gasteiger partial charge in [-0.2, -0.15) is 0 Å². The zero-order chi connectivity index (χ0) is 48.9. The second kappa shape index (κ2) is 17.5. The Morgan fingerprint density at radius 2 is 1.22 bits per heavy atom. The van der Waals surface area contributed by atoms with E-state index in [1.54, 1.807) is 61.5 Å². The molecule has 6 aliphatic carbocycles. The molecule has 6 saturated carbocycles. The first-order valence-electron chi connectivity index (χ1n) is 22.5. The summed E-state index contributed by atoms with van der Waals surface area (Å²) in [5, 5.41) is 101. The highest BCUT2D eigenvalue weighted by atomic mass is 16.8. The van der Waals surface area contributed by atoms with Crippen LogP contribution < -0.4 is 0 Å². The first-order valence-corrected chi connectivity index (χ1v) is 22.5. The minimum Gasteiger partial charge on any atom is -0.465 e. The predicted molar refractivity (Wildman–Crippen MR) is 221 cm³/mol. The molecule has 2 aromatic rings. The molecule has 10 bridgehead atoms. The van der Waals surface area contributed by atoms with E-state index < -0.39 is 145 Å². The zero-order valence-corrected chi connectivity index (χ0v) is 37.3. The van der Waals surface area contributed by atoms with Crippen molar-refractivity contribution in [2.24, 2.45) is 23.2 Å². The van der Waals surface area contributed by atoms with Crippen LogP contribution in [0, 0.1) is 23.2 Å². The standard InChI is InChI=1S/C23H28O11.C15H22O9.C8H8O2/c1-21-8-13(25)12-7-23(21,33-19-17(28)16(27)15(26)14(9-24)32-19)22(12,20(30)34-21)10-31-18(29)11-5-3-2-4-6-11;1-13-4-15(20)5-2-14(13,7(5)11(22-13)24-15)23-12-10(19)9(18)8(17)6(3-16)21-12;1-10-8(9)7-5-3-2-4-6-7/h2-6,12-17,19,24-28H,7-10H2,1H3;5-12,16-20H,2-4H2,1H3;2-6H,1H3/t12-,13+,14?,15?,16?,17?,19?,21-,22?,23+;5-,6?,7?,8?,9?,10?,11-,12?,13-,14?,15+;/m00./s1. The SMILES string of the molecule is COC(=O)c1ccccc1.C[C@@]12C[C@@]3(O)O[C@H](O1)C1[C@@H]3CC12OC1OC(CO)C(O)C(O)C1O.C[C@]12C[C@@H](O)[C@@H]3C[C@]1(OC1OC(CO)C(O)C(O)C1O)C3(COC(=O)c1ccccc1)C(=O)O2. The zero-order valence-electron chi connectivity index (χ0n) is 37.3. The second-order valence-electron chi connectivity index (χ2n) is 19.5. The first-order chi connectivity index (χ1) is 32.2. The van der Waals surface area contributed by atoms with Crippen LogP contribution in [0.25, 0.3) is 0 Å². The number of aliphatic hydroxyl groups excluding tert-OH is 9. The molecular formula is C46H58O22. The van der Waals surface area contributed by atoms with Crippen LogP contribution in [0.15, 0.2) is 60.7 Å². The molecule has 6 aliphatic heterocycles. The number of esters is 3. The van der Waals surface area contributed by atoms with E-state index in [1.165, 1.54) is 7.11 Å². The summed E-state index contributed by atoms with van der Waals surface area (Å²) in [6.45, 7) is 1.84. The van der Waals surface area contributed by atoms with Crippen molar-refractivity contribution in [1.82, 2.24) is 0 Å². The Balaban J connectivity index is 0.000000146. The van der Waals surface area contributed by atoms with Gasteiger partial charge in [0.05, 0.1) is 43.5 Å². The fourth-order valence-corrected chi connectivity index (χ4v) is 12.3. The van der Waals surface area contributed by atoms with Crippen molar-refractivity contribution in [2.75, 3.05) is 26.9 Å². The van der Waals surface area contributed by atoms with Crippen molar-refractivity contribution >= 4 is 17.9 Å². The third-order valence-corrected chi connectivity index (χ3v) is 16.0. The van der Waals surface area contributed by atoms with Gasteiger partial charge in [0.25, 0.3) is 0 Å². The highest BCUT2D eigenvalue weighted by Crippen LogP contribution is 2.76. The van der Waals surface area contributed by atoms with Gasteiger partial charge in [0.15, 0.2) is 24.7 Å². The van der Waals surface area contributed by atoms with E-state index in [4.69, 9.17) is 37.9 Å². The molecule has 12 fully saturated rings. The van der Waals surface area contributed by atoms with Gasteiger partial charge in [-0.1, -0.05) is 36.4 Å². The van der Waals surface area contributed by atoms with Gasteiger partial charge in [-0.3, -0.25) is 4.79 Å². The third-order valence-electron chi connectivity index (χ3n) is 16.0. The summed E-state index contributed by atoms with van der Waals surface area (Å²) < 4.78 is 50.6. The summed E-state index contributed by atoms with van der Waals surface area (Å²) in [7, 11) is 1.37. The monoisotopic (exact) mass is 962 g/mol. The van der Waals surface area contributed by atoms with Crippen molar-refractivity contribution in [3.8, 4) is 0 Å². The van der Waals surface area contributed by atoms with Crippen LogP contribution in [0.4, 0.5) is 0 Å². The maximum absolute atomic E-state index is 13.2. The van der Waals surface area contributed by atoms with E-state index in [2.05, 4.69) is 4.74 Å². The molecule has 374 valence electrons. The second-order valence-corrected chi connectivity index (χ2v) is 19.5. The van der Waals surface area contributed by atoms with Gasteiger partial charge in [0.1, 0.15) is 83.3 Å². The highest BCUT2D eigenvalue weighted by Gasteiger charge is 2.89. The van der Waals surface area contributed by atoms with Crippen LogP contribution in [0.1, 0.15) is 60.2 Å². The molecule has 6 heterocycles. The highest BCUT2D eigenvalue weighted by molar-refractivity contribution is 5.91. The average Bonchev–Trinajstić information content (AvgIpc) is 3.59. The lowest BCUT2D eigenvalue weighted by Crippen LogP contribution is -2.80. The Morgan fingerprint density at radius 3 is 1.75 bits per heavy atom. The number of ether oxygens (including phenoxy) is 9. The maximum Gasteiger partial charge on any atom is 0.338 e. The van der Waals surface area contributed by atoms with Gasteiger partial charge in [-0.25, -0.2) is 9.59 Å². The van der Waals surface area contributed by atoms with Gasteiger partial charge >= 0.3 is 17.9 Å². The molecular weight excluding hydrogens is 904 g/mol. The molecule has 12 aliphatic rings. The molecule has 22 nitrogen and oxygen atoms in total. The molecule has 21 atom stereocenters. The van der Waals surface area contributed by atoms with Crippen LogP contribution in [0.5, 0.6) is 0 Å². The lowest BCUT2D eigenvalue weighted by Gasteiger charge is -2.66. The van der Waals surface area contributed by atoms with E-state index in [9.17, 15) is 65.4 Å². The molecule has 2 aromatic carbocycles. The van der Waals surface area contributed by atoms with Crippen LogP contribution in [-0.4, -0.2) is 198 Å². The van der Waals surface area contributed by atoms with E-state index in [0.717, 1.165) is 0 Å². The fraction of sp³-hybridized carbons (Fsp3) is 0.674. The van der Waals surface area contributed by atoms with Crippen LogP contribution in [0.3, 0.4) is 0 Å². The maximum atomic E-state index is 13.2. The molecule has 0 aromatic heterocycles. The van der Waals surface area contributed by atoms with E-state index in [-0.39, 0.29) is 42.6 Å². The minimum atomic E-state index is -1.69. The number of fused-ring (bicyclic) bond motifs is 1. The number of rotatable bonds is 10. The molecule has 14 rings (SSSR count). The van der Waals surface area contributed by atoms with Gasteiger partial charge in [0, 0.05) is 24.7 Å². The molecule has 13 unspecified atom stereocenters. The van der Waals surface area contributed by atoms with Gasteiger partial charge in [-0.15, -0.1) is 0 Å². The summed E-state index contributed by atoms with van der Waals surface area (Å²) in [5.41, 5.74) is -5.07. The Kier molecular flexibility index (Phi) is 12.7. The van der Waals surface area contributed by atoms with Crippen LogP contribution >= 0.6 is 0 Å². The third kappa shape index (κ3) is 7.10. The quantitative estimate of drug-likeness (QED) is 0.0860. The van der Waals surface area contributed by atoms with Gasteiger partial charge < -0.3 is 93.7 Å². The Hall–Kier alpha value is -3.79. The summed E-state index contributed by atoms with van der Waals surface area (Å²) in [5.74, 6) is -3.75. The number of hydrogen-bond acceptors (Lipinski definition) is 22.